The number of hydrogen-bond donors (Lipinski definition) is 0. The minimum absolute atomic E-state index is 0.280. The molecule has 1 aliphatic heterocycles. The number of hydrogen-bond acceptors (Lipinski definition) is 4. The molecule has 5 nitrogen and oxygen atoms in total. The molecule has 2 atom stereocenters. The van der Waals surface area contributed by atoms with Gasteiger partial charge in [0.1, 0.15) is 11.3 Å². The molecular formula is C14H18ClN3O2S. The minimum atomic E-state index is -3.00. The van der Waals surface area contributed by atoms with Crippen molar-refractivity contribution in [2.75, 3.05) is 5.75 Å². The molecule has 0 N–H and O–H groups in total. The zero-order chi connectivity index (χ0) is 15.2. The third kappa shape index (κ3) is 2.55. The highest BCUT2D eigenvalue weighted by Gasteiger charge is 2.33. The first-order chi connectivity index (χ1) is 9.90. The van der Waals surface area contributed by atoms with Crippen LogP contribution >= 0.6 is 11.6 Å². The van der Waals surface area contributed by atoms with Gasteiger partial charge in [0, 0.05) is 12.7 Å². The number of aromatic nitrogens is 3. The van der Waals surface area contributed by atoms with Crippen molar-refractivity contribution in [3.05, 3.63) is 23.7 Å². The summed E-state index contributed by atoms with van der Waals surface area (Å²) in [6, 6.07) is 1.90. The molecule has 7 heteroatoms. The number of pyridine rings is 1. The monoisotopic (exact) mass is 327 g/mol. The zero-order valence-electron chi connectivity index (χ0n) is 12.1. The highest BCUT2D eigenvalue weighted by atomic mass is 35.5. The Bertz CT molecular complexity index is 783. The lowest BCUT2D eigenvalue weighted by Crippen LogP contribution is -2.23. The second kappa shape index (κ2) is 5.25. The van der Waals surface area contributed by atoms with Crippen LogP contribution < -0.4 is 0 Å². The van der Waals surface area contributed by atoms with Gasteiger partial charge in [0.25, 0.3) is 0 Å². The van der Waals surface area contributed by atoms with E-state index >= 15 is 0 Å². The van der Waals surface area contributed by atoms with Crippen LogP contribution in [0.15, 0.2) is 12.3 Å². The molecule has 2 unspecified atom stereocenters. The van der Waals surface area contributed by atoms with Crippen molar-refractivity contribution in [1.82, 2.24) is 14.5 Å². The van der Waals surface area contributed by atoms with E-state index in [0.29, 0.717) is 18.8 Å². The molecule has 0 radical (unpaired) electrons. The number of rotatable bonds is 3. The third-order valence-corrected chi connectivity index (χ3v) is 6.52. The third-order valence-electron chi connectivity index (χ3n) is 4.07. The van der Waals surface area contributed by atoms with E-state index in [1.54, 1.807) is 6.20 Å². The smallest absolute Gasteiger partial charge is 0.160 e. The normalized spacial score (nSPS) is 22.7. The van der Waals surface area contributed by atoms with Gasteiger partial charge in [-0.25, -0.2) is 18.4 Å². The van der Waals surface area contributed by atoms with Gasteiger partial charge in [-0.05, 0) is 38.3 Å². The van der Waals surface area contributed by atoms with Gasteiger partial charge in [-0.1, -0.05) is 0 Å². The summed E-state index contributed by atoms with van der Waals surface area (Å²) >= 11 is 6.23. The van der Waals surface area contributed by atoms with Crippen LogP contribution in [0.1, 0.15) is 36.5 Å². The SMILES string of the molecule is Cc1ccnc2c1nc(C(C)Cl)n2CC1CCCS1(=O)=O. The number of nitrogens with zero attached hydrogens (tertiary/aromatic N) is 3. The zero-order valence-corrected chi connectivity index (χ0v) is 13.7. The minimum Gasteiger partial charge on any atom is -0.310 e. The van der Waals surface area contributed by atoms with E-state index in [0.717, 1.165) is 23.1 Å². The molecule has 0 aliphatic carbocycles. The topological polar surface area (TPSA) is 64.8 Å². The van der Waals surface area contributed by atoms with E-state index in [4.69, 9.17) is 11.6 Å². The summed E-state index contributed by atoms with van der Waals surface area (Å²) in [5, 5.41) is -0.644. The highest BCUT2D eigenvalue weighted by Crippen LogP contribution is 2.28. The number of alkyl halides is 1. The van der Waals surface area contributed by atoms with Gasteiger partial charge in [-0.2, -0.15) is 0 Å². The largest absolute Gasteiger partial charge is 0.310 e. The van der Waals surface area contributed by atoms with Crippen molar-refractivity contribution < 1.29 is 8.42 Å². The van der Waals surface area contributed by atoms with Crippen LogP contribution in [0.3, 0.4) is 0 Å². The molecule has 0 amide bonds. The van der Waals surface area contributed by atoms with E-state index in [9.17, 15) is 8.42 Å². The molecule has 1 aliphatic rings. The molecule has 3 heterocycles. The highest BCUT2D eigenvalue weighted by molar-refractivity contribution is 7.92. The van der Waals surface area contributed by atoms with Gasteiger partial charge in [-0.3, -0.25) is 0 Å². The fourth-order valence-corrected chi connectivity index (χ4v) is 4.88. The maximum atomic E-state index is 12.1. The predicted molar refractivity (Wildman–Crippen MR) is 83.3 cm³/mol. The van der Waals surface area contributed by atoms with Crippen molar-refractivity contribution >= 4 is 32.6 Å². The molecule has 0 aromatic carbocycles. The first-order valence-corrected chi connectivity index (χ1v) is 9.22. The molecule has 0 bridgehead atoms. The number of aryl methyl sites for hydroxylation is 1. The second-order valence-corrected chi connectivity index (χ2v) is 8.68. The Hall–Kier alpha value is -1.14. The van der Waals surface area contributed by atoms with E-state index in [-0.39, 0.29) is 16.4 Å². The summed E-state index contributed by atoms with van der Waals surface area (Å²) in [5.74, 6) is 0.971. The molecular weight excluding hydrogens is 310 g/mol. The maximum absolute atomic E-state index is 12.1. The molecule has 1 fully saturated rings. The molecule has 0 saturated carbocycles. The lowest BCUT2D eigenvalue weighted by molar-refractivity contribution is 0.561. The Morgan fingerprint density at radius 2 is 2.29 bits per heavy atom. The molecule has 1 saturated heterocycles. The summed E-state index contributed by atoms with van der Waals surface area (Å²) < 4.78 is 26.1. The predicted octanol–water partition coefficient (Wildman–Crippen LogP) is 2.62. The van der Waals surface area contributed by atoms with Gasteiger partial charge in [0.05, 0.1) is 16.4 Å². The van der Waals surface area contributed by atoms with Crippen LogP contribution in [0, 0.1) is 6.92 Å². The quantitative estimate of drug-likeness (QED) is 0.813. The van der Waals surface area contributed by atoms with Crippen molar-refractivity contribution in [3.8, 4) is 0 Å². The van der Waals surface area contributed by atoms with E-state index in [1.165, 1.54) is 0 Å². The second-order valence-electron chi connectivity index (χ2n) is 5.63. The summed E-state index contributed by atoms with van der Waals surface area (Å²) in [6.07, 6.45) is 3.16. The number of halogens is 1. The fraction of sp³-hybridized carbons (Fsp3) is 0.571. The van der Waals surface area contributed by atoms with Crippen LogP contribution in [-0.2, 0) is 16.4 Å². The lowest BCUT2D eigenvalue weighted by atomic mass is 10.2. The van der Waals surface area contributed by atoms with Crippen molar-refractivity contribution in [2.24, 2.45) is 0 Å². The molecule has 21 heavy (non-hydrogen) atoms. The average molecular weight is 328 g/mol. The Kier molecular flexibility index (Phi) is 3.69. The van der Waals surface area contributed by atoms with Crippen LogP contribution in [0.4, 0.5) is 0 Å². The van der Waals surface area contributed by atoms with Crippen LogP contribution in [0.2, 0.25) is 0 Å². The van der Waals surface area contributed by atoms with Crippen LogP contribution in [0.5, 0.6) is 0 Å². The first-order valence-electron chi connectivity index (χ1n) is 7.07. The van der Waals surface area contributed by atoms with Gasteiger partial charge in [0.2, 0.25) is 0 Å². The Balaban J connectivity index is 2.12. The molecule has 2 aromatic rings. The van der Waals surface area contributed by atoms with E-state index in [1.807, 2.05) is 24.5 Å². The van der Waals surface area contributed by atoms with E-state index in [2.05, 4.69) is 9.97 Å². The average Bonchev–Trinajstić information content (AvgIpc) is 2.93. The molecule has 3 rings (SSSR count). The number of imidazole rings is 1. The van der Waals surface area contributed by atoms with Crippen molar-refractivity contribution in [2.45, 2.75) is 43.9 Å². The first kappa shape index (κ1) is 14.8. The summed E-state index contributed by atoms with van der Waals surface area (Å²) in [4.78, 5) is 8.96. The van der Waals surface area contributed by atoms with Gasteiger partial charge >= 0.3 is 0 Å². The number of sulfone groups is 1. The Morgan fingerprint density at radius 1 is 1.52 bits per heavy atom. The molecule has 0 spiro atoms. The number of fused-ring (bicyclic) bond motifs is 1. The van der Waals surface area contributed by atoms with Gasteiger partial charge in [0.15, 0.2) is 15.5 Å². The molecule has 2 aromatic heterocycles. The van der Waals surface area contributed by atoms with Gasteiger partial charge < -0.3 is 4.57 Å². The Labute approximate surface area is 129 Å². The van der Waals surface area contributed by atoms with E-state index < -0.39 is 9.84 Å². The molecule has 114 valence electrons. The fourth-order valence-electron chi connectivity index (χ4n) is 2.91. The summed E-state index contributed by atoms with van der Waals surface area (Å²) in [5.41, 5.74) is 2.54. The maximum Gasteiger partial charge on any atom is 0.160 e. The standard InChI is InChI=1S/C14H18ClN3O2S/c1-9-5-6-16-14-12(9)17-13(10(2)15)18(14)8-11-4-3-7-21(11,19)20/h5-6,10-11H,3-4,7-8H2,1-2H3. The summed E-state index contributed by atoms with van der Waals surface area (Å²) in [7, 11) is -3.00. The van der Waals surface area contributed by atoms with Crippen LogP contribution in [-0.4, -0.2) is 34.0 Å². The van der Waals surface area contributed by atoms with Crippen molar-refractivity contribution in [1.29, 1.82) is 0 Å². The summed E-state index contributed by atoms with van der Waals surface area (Å²) in [6.45, 7) is 4.20. The Morgan fingerprint density at radius 3 is 2.90 bits per heavy atom. The van der Waals surface area contributed by atoms with Crippen LogP contribution in [0.25, 0.3) is 11.2 Å². The van der Waals surface area contributed by atoms with Gasteiger partial charge in [-0.15, -0.1) is 11.6 Å². The van der Waals surface area contributed by atoms with Crippen molar-refractivity contribution in [3.63, 3.8) is 0 Å². The lowest BCUT2D eigenvalue weighted by Gasteiger charge is -2.14.